The molecule has 0 bridgehead atoms. The number of hydrogen-bond acceptors (Lipinski definition) is 6. The Morgan fingerprint density at radius 3 is 2.35 bits per heavy atom. The van der Waals surface area contributed by atoms with E-state index in [0.29, 0.717) is 6.54 Å². The average molecular weight is 397 g/mol. The smallest absolute Gasteiger partial charge is 0.216 e. The molecule has 1 aromatic carbocycles. The van der Waals surface area contributed by atoms with Crippen LogP contribution in [0.5, 0.6) is 0 Å². The summed E-state index contributed by atoms with van der Waals surface area (Å²) >= 11 is 1.35. The van der Waals surface area contributed by atoms with Gasteiger partial charge in [0.1, 0.15) is 5.69 Å². The molecule has 0 spiro atoms. The topological polar surface area (TPSA) is 84.0 Å². The molecule has 0 saturated carbocycles. The molecule has 0 radical (unpaired) electrons. The first-order chi connectivity index (χ1) is 12.3. The first kappa shape index (κ1) is 21.0. The second-order valence-electron chi connectivity index (χ2n) is 7.23. The third-order valence-corrected chi connectivity index (χ3v) is 6.77. The lowest BCUT2D eigenvalue weighted by molar-refractivity contribution is 0.537. The molecule has 0 aliphatic heterocycles. The van der Waals surface area contributed by atoms with E-state index in [1.807, 2.05) is 5.38 Å². The molecule has 2 rings (SSSR count). The molecule has 26 heavy (non-hydrogen) atoms. The minimum atomic E-state index is -3.22. The van der Waals surface area contributed by atoms with Gasteiger partial charge in [0.2, 0.25) is 10.0 Å². The lowest BCUT2D eigenvalue weighted by Gasteiger charge is -2.19. The quantitative estimate of drug-likeness (QED) is 0.603. The predicted molar refractivity (Wildman–Crippen MR) is 108 cm³/mol. The molecule has 2 aromatic rings. The second kappa shape index (κ2) is 9.55. The van der Waals surface area contributed by atoms with Gasteiger partial charge in [0.05, 0.1) is 4.75 Å². The number of rotatable bonds is 10. The van der Waals surface area contributed by atoms with Gasteiger partial charge in [-0.15, -0.1) is 5.10 Å². The monoisotopic (exact) mass is 396 g/mol. The fourth-order valence-corrected chi connectivity index (χ4v) is 3.60. The fraction of sp³-hybridized carbons (Fsp3) is 0.556. The van der Waals surface area contributed by atoms with Gasteiger partial charge in [-0.2, -0.15) is 0 Å². The second-order valence-corrected chi connectivity index (χ2v) is 10.4. The van der Waals surface area contributed by atoms with Crippen LogP contribution < -0.4 is 10.0 Å². The van der Waals surface area contributed by atoms with Crippen LogP contribution in [0, 0.1) is 0 Å². The maximum absolute atomic E-state index is 11.9. The maximum atomic E-state index is 11.9. The van der Waals surface area contributed by atoms with E-state index in [4.69, 9.17) is 0 Å². The maximum Gasteiger partial charge on any atom is 0.216 e. The van der Waals surface area contributed by atoms with E-state index in [9.17, 15) is 8.42 Å². The summed E-state index contributed by atoms with van der Waals surface area (Å²) in [6, 6.07) is 8.33. The average Bonchev–Trinajstić information content (AvgIpc) is 3.11. The zero-order valence-corrected chi connectivity index (χ0v) is 17.3. The van der Waals surface area contributed by atoms with Crippen LogP contribution >= 0.6 is 11.5 Å². The molecule has 6 nitrogen and oxygen atoms in total. The van der Waals surface area contributed by atoms with Crippen molar-refractivity contribution in [2.24, 2.45) is 0 Å². The molecule has 0 fully saturated rings. The SMILES string of the molecule is CC(C)(C)S(=O)(=O)NCCCCCNCc1ccc(-c2csnn2)cc1. The highest BCUT2D eigenvalue weighted by molar-refractivity contribution is 7.90. The molecule has 0 aliphatic rings. The summed E-state index contributed by atoms with van der Waals surface area (Å²) < 4.78 is 29.6. The van der Waals surface area contributed by atoms with Crippen LogP contribution in [0.1, 0.15) is 45.6 Å². The summed E-state index contributed by atoms with van der Waals surface area (Å²) in [4.78, 5) is 0. The summed E-state index contributed by atoms with van der Waals surface area (Å²) in [5, 5.41) is 9.43. The van der Waals surface area contributed by atoms with Crippen LogP contribution in [0.3, 0.4) is 0 Å². The standard InChI is InChI=1S/C18H28N4O2S2/c1-18(2,3)26(23,24)20-12-6-4-5-11-19-13-15-7-9-16(10-8-15)17-14-25-22-21-17/h7-10,14,19-20H,4-6,11-13H2,1-3H3. The van der Waals surface area contributed by atoms with Crippen molar-refractivity contribution in [2.75, 3.05) is 13.1 Å². The Balaban J connectivity index is 1.57. The van der Waals surface area contributed by atoms with E-state index in [-0.39, 0.29) is 0 Å². The molecule has 0 aliphatic carbocycles. The van der Waals surface area contributed by atoms with Crippen LogP contribution in [0.25, 0.3) is 11.3 Å². The Kier molecular flexibility index (Phi) is 7.69. The number of nitrogens with zero attached hydrogens (tertiary/aromatic N) is 2. The third-order valence-electron chi connectivity index (χ3n) is 4.07. The normalized spacial score (nSPS) is 12.4. The highest BCUT2D eigenvalue weighted by Gasteiger charge is 2.27. The van der Waals surface area contributed by atoms with Crippen molar-refractivity contribution in [2.45, 2.75) is 51.3 Å². The lowest BCUT2D eigenvalue weighted by atomic mass is 10.1. The Labute approximate surface area is 160 Å². The number of benzene rings is 1. The number of aromatic nitrogens is 2. The van der Waals surface area contributed by atoms with Gasteiger partial charge in [-0.25, -0.2) is 13.1 Å². The van der Waals surface area contributed by atoms with Crippen molar-refractivity contribution in [3.05, 3.63) is 35.2 Å². The Bertz CT molecular complexity index is 751. The highest BCUT2D eigenvalue weighted by Crippen LogP contribution is 2.18. The minimum absolute atomic E-state index is 0.506. The van der Waals surface area contributed by atoms with E-state index < -0.39 is 14.8 Å². The Hall–Kier alpha value is -1.35. The van der Waals surface area contributed by atoms with Crippen molar-refractivity contribution in [3.63, 3.8) is 0 Å². The minimum Gasteiger partial charge on any atom is -0.313 e. The summed E-state index contributed by atoms with van der Waals surface area (Å²) in [6.45, 7) is 7.38. The van der Waals surface area contributed by atoms with Crippen molar-refractivity contribution in [1.29, 1.82) is 0 Å². The Morgan fingerprint density at radius 1 is 1.04 bits per heavy atom. The van der Waals surface area contributed by atoms with Gasteiger partial charge < -0.3 is 5.32 Å². The van der Waals surface area contributed by atoms with Gasteiger partial charge in [-0.1, -0.05) is 35.2 Å². The predicted octanol–water partition coefficient (Wildman–Crippen LogP) is 3.18. The van der Waals surface area contributed by atoms with Crippen LogP contribution in [0.2, 0.25) is 0 Å². The van der Waals surface area contributed by atoms with E-state index in [2.05, 4.69) is 43.9 Å². The largest absolute Gasteiger partial charge is 0.313 e. The summed E-state index contributed by atoms with van der Waals surface area (Å²) in [5.41, 5.74) is 3.23. The number of sulfonamides is 1. The van der Waals surface area contributed by atoms with E-state index in [1.54, 1.807) is 20.8 Å². The van der Waals surface area contributed by atoms with Crippen LogP contribution in [-0.4, -0.2) is 35.8 Å². The first-order valence-corrected chi connectivity index (χ1v) is 11.2. The summed E-state index contributed by atoms with van der Waals surface area (Å²) in [5.74, 6) is 0. The molecular formula is C18H28N4O2S2. The molecule has 0 atom stereocenters. The van der Waals surface area contributed by atoms with Gasteiger partial charge in [0, 0.05) is 24.0 Å². The van der Waals surface area contributed by atoms with Crippen molar-refractivity contribution in [3.8, 4) is 11.3 Å². The zero-order chi connectivity index (χ0) is 19.0. The molecule has 0 saturated heterocycles. The van der Waals surface area contributed by atoms with Gasteiger partial charge in [0.15, 0.2) is 0 Å². The molecule has 1 heterocycles. The van der Waals surface area contributed by atoms with Gasteiger partial charge in [0.25, 0.3) is 0 Å². The van der Waals surface area contributed by atoms with Crippen molar-refractivity contribution < 1.29 is 8.42 Å². The third kappa shape index (κ3) is 6.42. The van der Waals surface area contributed by atoms with Gasteiger partial charge >= 0.3 is 0 Å². The van der Waals surface area contributed by atoms with Gasteiger partial charge in [-0.3, -0.25) is 0 Å². The van der Waals surface area contributed by atoms with Crippen LogP contribution in [0.4, 0.5) is 0 Å². The summed E-state index contributed by atoms with van der Waals surface area (Å²) in [6.07, 6.45) is 2.88. The zero-order valence-electron chi connectivity index (χ0n) is 15.7. The van der Waals surface area contributed by atoms with Crippen molar-refractivity contribution in [1.82, 2.24) is 19.6 Å². The lowest BCUT2D eigenvalue weighted by Crippen LogP contribution is -2.39. The number of unbranched alkanes of at least 4 members (excludes halogenated alkanes) is 2. The molecular weight excluding hydrogens is 368 g/mol. The highest BCUT2D eigenvalue weighted by atomic mass is 32.2. The van der Waals surface area contributed by atoms with Gasteiger partial charge in [-0.05, 0) is 57.3 Å². The number of hydrogen-bond donors (Lipinski definition) is 2. The summed E-state index contributed by atoms with van der Waals surface area (Å²) in [7, 11) is -3.22. The van der Waals surface area contributed by atoms with E-state index >= 15 is 0 Å². The van der Waals surface area contributed by atoms with Crippen LogP contribution in [-0.2, 0) is 16.6 Å². The molecule has 0 amide bonds. The van der Waals surface area contributed by atoms with E-state index in [0.717, 1.165) is 43.6 Å². The first-order valence-electron chi connectivity index (χ1n) is 8.86. The van der Waals surface area contributed by atoms with E-state index in [1.165, 1.54) is 17.1 Å². The molecule has 2 N–H and O–H groups in total. The van der Waals surface area contributed by atoms with Crippen molar-refractivity contribution >= 4 is 21.6 Å². The molecule has 0 unspecified atom stereocenters. The molecule has 8 heteroatoms. The molecule has 144 valence electrons. The Morgan fingerprint density at radius 2 is 1.73 bits per heavy atom. The fourth-order valence-electron chi connectivity index (χ4n) is 2.29. The number of nitrogens with one attached hydrogen (secondary N) is 2. The van der Waals surface area contributed by atoms with Crippen LogP contribution in [0.15, 0.2) is 29.6 Å². The molecule has 1 aromatic heterocycles.